The third-order valence-electron chi connectivity index (χ3n) is 8.44. The van der Waals surface area contributed by atoms with Gasteiger partial charge in [0.1, 0.15) is 10.4 Å². The minimum atomic E-state index is -4.79. The number of sulfone groups is 1. The highest BCUT2D eigenvalue weighted by Crippen LogP contribution is 2.46. The maximum absolute atomic E-state index is 14.2. The summed E-state index contributed by atoms with van der Waals surface area (Å²) in [4.78, 5) is 25.1. The van der Waals surface area contributed by atoms with Gasteiger partial charge < -0.3 is 20.4 Å². The van der Waals surface area contributed by atoms with Crippen LogP contribution in [-0.4, -0.2) is 73.2 Å². The van der Waals surface area contributed by atoms with E-state index in [1.807, 2.05) is 12.1 Å². The number of alkyl halides is 3. The van der Waals surface area contributed by atoms with Crippen molar-refractivity contribution in [3.63, 3.8) is 0 Å². The number of rotatable bonds is 6. The standard InChI is InChI=1S/C29H31F3N6O3S2/c1-16-15-37(9-8-33-16)19-6-7-22(20(12-19)17-2-3-17)35-28-34-14-21(29(30,31)32)25(36-28)23-13-24-26(42-23)27(39)38(18-4-5-18)10-11-43(24,40)41/h6-7,12-14,16-18,33H,2-5,8-11,15H2,1H3,(H,34,35,36)/t16-/m1/s1. The van der Waals surface area contributed by atoms with Crippen molar-refractivity contribution in [2.75, 3.05) is 42.1 Å². The maximum atomic E-state index is 14.2. The topological polar surface area (TPSA) is 108 Å². The van der Waals surface area contributed by atoms with Crippen LogP contribution in [0.3, 0.4) is 0 Å². The van der Waals surface area contributed by atoms with E-state index in [4.69, 9.17) is 0 Å². The van der Waals surface area contributed by atoms with Crippen LogP contribution in [0.25, 0.3) is 10.6 Å². The second-order valence-electron chi connectivity index (χ2n) is 11.8. The fraction of sp³-hybridized carbons (Fsp3) is 0.483. The summed E-state index contributed by atoms with van der Waals surface area (Å²) in [6.45, 7) is 4.87. The number of halogens is 3. The lowest BCUT2D eigenvalue weighted by atomic mass is 10.1. The van der Waals surface area contributed by atoms with E-state index in [9.17, 15) is 26.4 Å². The van der Waals surface area contributed by atoms with Crippen molar-refractivity contribution in [3.05, 3.63) is 46.5 Å². The minimum Gasteiger partial charge on any atom is -0.369 e. The molecule has 0 radical (unpaired) electrons. The number of hydrogen-bond acceptors (Lipinski definition) is 9. The maximum Gasteiger partial charge on any atom is 0.420 e. The van der Waals surface area contributed by atoms with E-state index in [2.05, 4.69) is 38.5 Å². The lowest BCUT2D eigenvalue weighted by Crippen LogP contribution is -2.49. The molecule has 1 atom stereocenters. The zero-order valence-electron chi connectivity index (χ0n) is 23.4. The average Bonchev–Trinajstić information content (AvgIpc) is 3.90. The molecule has 3 fully saturated rings. The molecule has 2 saturated carbocycles. The Labute approximate surface area is 251 Å². The first-order valence-electron chi connectivity index (χ1n) is 14.5. The van der Waals surface area contributed by atoms with Crippen LogP contribution in [0, 0.1) is 0 Å². The lowest BCUT2D eigenvalue weighted by molar-refractivity contribution is -0.137. The van der Waals surface area contributed by atoms with E-state index >= 15 is 0 Å². The first-order valence-corrected chi connectivity index (χ1v) is 17.0. The van der Waals surface area contributed by atoms with Gasteiger partial charge in [0.05, 0.1) is 21.2 Å². The summed E-state index contributed by atoms with van der Waals surface area (Å²) >= 11 is 0.743. The molecule has 2 aliphatic heterocycles. The number of nitrogens with zero attached hydrogens (tertiary/aromatic N) is 4. The van der Waals surface area contributed by atoms with Gasteiger partial charge in [-0.15, -0.1) is 11.3 Å². The van der Waals surface area contributed by atoms with E-state index < -0.39 is 33.2 Å². The van der Waals surface area contributed by atoms with Gasteiger partial charge in [0.15, 0.2) is 9.84 Å². The normalized spacial score (nSPS) is 22.3. The van der Waals surface area contributed by atoms with Gasteiger partial charge in [0.25, 0.3) is 5.91 Å². The highest BCUT2D eigenvalue weighted by atomic mass is 32.2. The van der Waals surface area contributed by atoms with Crippen LogP contribution in [0.4, 0.5) is 30.5 Å². The summed E-state index contributed by atoms with van der Waals surface area (Å²) in [6.07, 6.45) is -0.449. The molecular formula is C29H31F3N6O3S2. The Morgan fingerprint density at radius 1 is 1.12 bits per heavy atom. The number of anilines is 3. The molecule has 0 bridgehead atoms. The van der Waals surface area contributed by atoms with Gasteiger partial charge in [-0.3, -0.25) is 4.79 Å². The molecule has 0 spiro atoms. The summed E-state index contributed by atoms with van der Waals surface area (Å²) in [7, 11) is -3.87. The number of benzene rings is 1. The predicted molar refractivity (Wildman–Crippen MR) is 158 cm³/mol. The van der Waals surface area contributed by atoms with Crippen LogP contribution >= 0.6 is 11.3 Å². The molecule has 7 rings (SSSR count). The molecule has 4 aliphatic rings. The molecule has 4 heterocycles. The van der Waals surface area contributed by atoms with Gasteiger partial charge in [0, 0.05) is 55.8 Å². The van der Waals surface area contributed by atoms with Crippen LogP contribution in [0.5, 0.6) is 0 Å². The largest absolute Gasteiger partial charge is 0.420 e. The number of carbonyl (C=O) groups is 1. The molecule has 1 aromatic carbocycles. The van der Waals surface area contributed by atoms with Crippen LogP contribution < -0.4 is 15.5 Å². The molecule has 1 saturated heterocycles. The predicted octanol–water partition coefficient (Wildman–Crippen LogP) is 5.03. The van der Waals surface area contributed by atoms with Gasteiger partial charge in [-0.2, -0.15) is 13.2 Å². The summed E-state index contributed by atoms with van der Waals surface area (Å²) in [6, 6.07) is 7.56. The Morgan fingerprint density at radius 2 is 1.91 bits per heavy atom. The van der Waals surface area contributed by atoms with E-state index in [1.54, 1.807) is 0 Å². The zero-order valence-corrected chi connectivity index (χ0v) is 25.1. The number of aromatic nitrogens is 2. The molecule has 0 unspecified atom stereocenters. The summed E-state index contributed by atoms with van der Waals surface area (Å²) in [5.41, 5.74) is 1.33. The minimum absolute atomic E-state index is 0.0261. The first kappa shape index (κ1) is 28.5. The fourth-order valence-corrected chi connectivity index (χ4v) is 8.80. The van der Waals surface area contributed by atoms with Crippen molar-refractivity contribution in [2.24, 2.45) is 0 Å². The van der Waals surface area contributed by atoms with Crippen molar-refractivity contribution in [1.29, 1.82) is 0 Å². The van der Waals surface area contributed by atoms with E-state index in [0.29, 0.717) is 12.0 Å². The molecule has 9 nitrogen and oxygen atoms in total. The summed E-state index contributed by atoms with van der Waals surface area (Å²) in [5.74, 6) is -0.418. The Kier molecular flexibility index (Phi) is 6.93. The van der Waals surface area contributed by atoms with Crippen molar-refractivity contribution in [1.82, 2.24) is 20.2 Å². The molecule has 1 amide bonds. The molecule has 43 heavy (non-hydrogen) atoms. The second kappa shape index (κ2) is 10.4. The number of carbonyl (C=O) groups excluding carboxylic acids is 1. The van der Waals surface area contributed by atoms with Gasteiger partial charge >= 0.3 is 6.18 Å². The van der Waals surface area contributed by atoms with E-state index in [-0.39, 0.29) is 38.9 Å². The molecule has 2 aromatic heterocycles. The van der Waals surface area contributed by atoms with Gasteiger partial charge in [-0.25, -0.2) is 18.4 Å². The van der Waals surface area contributed by atoms with Crippen LogP contribution in [-0.2, 0) is 16.0 Å². The average molecular weight is 633 g/mol. The quantitative estimate of drug-likeness (QED) is 0.390. The number of fused-ring (bicyclic) bond motifs is 1. The van der Waals surface area contributed by atoms with Crippen LogP contribution in [0.2, 0.25) is 0 Å². The highest BCUT2D eigenvalue weighted by molar-refractivity contribution is 7.91. The molecule has 14 heteroatoms. The van der Waals surface area contributed by atoms with Gasteiger partial charge in [-0.1, -0.05) is 0 Å². The summed E-state index contributed by atoms with van der Waals surface area (Å²) < 4.78 is 68.7. The third-order valence-corrected chi connectivity index (χ3v) is 11.4. The zero-order chi connectivity index (χ0) is 30.1. The van der Waals surface area contributed by atoms with Crippen molar-refractivity contribution >= 4 is 44.4 Å². The van der Waals surface area contributed by atoms with Crippen LogP contribution in [0.15, 0.2) is 35.4 Å². The monoisotopic (exact) mass is 632 g/mol. The second-order valence-corrected chi connectivity index (χ2v) is 14.9. The van der Waals surface area contributed by atoms with Crippen molar-refractivity contribution in [3.8, 4) is 10.6 Å². The van der Waals surface area contributed by atoms with E-state index in [1.165, 1.54) is 11.0 Å². The summed E-state index contributed by atoms with van der Waals surface area (Å²) in [5, 5.41) is 6.58. The Hall–Kier alpha value is -3.23. The third kappa shape index (κ3) is 5.60. The number of hydrogen-bond donors (Lipinski definition) is 2. The van der Waals surface area contributed by atoms with Gasteiger partial charge in [-0.05, 0) is 68.4 Å². The molecule has 3 aromatic rings. The number of thiophene rings is 1. The lowest BCUT2D eigenvalue weighted by Gasteiger charge is -2.34. The Morgan fingerprint density at radius 3 is 2.60 bits per heavy atom. The molecule has 2 aliphatic carbocycles. The number of piperazine rings is 1. The van der Waals surface area contributed by atoms with Crippen molar-refractivity contribution in [2.45, 2.75) is 61.7 Å². The van der Waals surface area contributed by atoms with Crippen molar-refractivity contribution < 1.29 is 26.4 Å². The molecule has 228 valence electrons. The van der Waals surface area contributed by atoms with Gasteiger partial charge in [0.2, 0.25) is 5.95 Å². The number of nitrogens with one attached hydrogen (secondary N) is 2. The van der Waals surface area contributed by atoms with E-state index in [0.717, 1.165) is 79.8 Å². The first-order chi connectivity index (χ1) is 20.5. The smallest absolute Gasteiger partial charge is 0.369 e. The number of amides is 1. The highest BCUT2D eigenvalue weighted by Gasteiger charge is 2.42. The van der Waals surface area contributed by atoms with Crippen LogP contribution in [0.1, 0.15) is 59.3 Å². The Bertz CT molecular complexity index is 1700. The Balaban J connectivity index is 1.26. The molecular weight excluding hydrogens is 601 g/mol. The SMILES string of the molecule is C[C@@H]1CN(c2ccc(Nc3ncc(C(F)(F)F)c(-c4cc5c(s4)C(=O)N(C4CC4)CCS5(=O)=O)n3)c(C3CC3)c2)CCN1. The molecule has 2 N–H and O–H groups in total. The fourth-order valence-electron chi connectivity index (χ4n) is 5.88.